The van der Waals surface area contributed by atoms with E-state index in [4.69, 9.17) is 9.84 Å². The summed E-state index contributed by atoms with van der Waals surface area (Å²) in [4.78, 5) is 15.3. The summed E-state index contributed by atoms with van der Waals surface area (Å²) in [6, 6.07) is 11.7. The van der Waals surface area contributed by atoms with Crippen LogP contribution in [0.1, 0.15) is 6.92 Å². The molecule has 0 aliphatic carbocycles. The van der Waals surface area contributed by atoms with Gasteiger partial charge in [-0.3, -0.25) is 4.99 Å². The number of anilines is 2. The molecule has 142 valence electrons. The highest BCUT2D eigenvalue weighted by atomic mass is 16.5. The van der Waals surface area contributed by atoms with Crippen molar-refractivity contribution in [2.24, 2.45) is 15.1 Å². The zero-order valence-corrected chi connectivity index (χ0v) is 16.1. The van der Waals surface area contributed by atoms with E-state index in [1.54, 1.807) is 12.4 Å². The summed E-state index contributed by atoms with van der Waals surface area (Å²) in [7, 11) is 3.92. The number of nitrogens with zero attached hydrogens (tertiary/aromatic N) is 6. The van der Waals surface area contributed by atoms with Crippen molar-refractivity contribution in [3.8, 4) is 5.75 Å². The quantitative estimate of drug-likeness (QED) is 0.813. The molecule has 8 nitrogen and oxygen atoms in total. The lowest BCUT2D eigenvalue weighted by Gasteiger charge is -2.23. The minimum atomic E-state index is 0.101. The van der Waals surface area contributed by atoms with Crippen molar-refractivity contribution in [2.75, 3.05) is 30.9 Å². The van der Waals surface area contributed by atoms with Crippen LogP contribution in [0.25, 0.3) is 0 Å². The molecule has 1 unspecified atom stereocenters. The number of hydrogen-bond donors (Lipinski definition) is 1. The Labute approximate surface area is 163 Å². The van der Waals surface area contributed by atoms with Gasteiger partial charge in [-0.2, -0.15) is 4.99 Å². The van der Waals surface area contributed by atoms with Crippen LogP contribution in [-0.2, 0) is 0 Å². The topological polar surface area (TPSA) is 74.5 Å². The second-order valence-electron chi connectivity index (χ2n) is 6.51. The first kappa shape index (κ1) is 17.9. The fraction of sp³-hybridized carbons (Fsp3) is 0.200. The van der Waals surface area contributed by atoms with E-state index in [1.165, 1.54) is 0 Å². The highest BCUT2D eigenvalue weighted by molar-refractivity contribution is 6.38. The SMILES string of the molecule is CCOc1ccc(NC2=N[N+]3(c4ccc(N(C)C)nc4)C=CN=CC3=N2)cc1. The number of aliphatic imine (C=N–C) groups is 2. The van der Waals surface area contributed by atoms with Gasteiger partial charge in [-0.15, -0.1) is 0 Å². The zero-order valence-electron chi connectivity index (χ0n) is 16.1. The Morgan fingerprint density at radius 2 is 1.93 bits per heavy atom. The molecule has 1 atom stereocenters. The van der Waals surface area contributed by atoms with Crippen molar-refractivity contribution in [2.45, 2.75) is 6.92 Å². The smallest absolute Gasteiger partial charge is 0.287 e. The lowest BCUT2D eigenvalue weighted by molar-refractivity contribution is 0.340. The largest absolute Gasteiger partial charge is 0.494 e. The Morgan fingerprint density at radius 1 is 1.11 bits per heavy atom. The lowest BCUT2D eigenvalue weighted by atomic mass is 10.3. The number of hydrogen-bond acceptors (Lipinski definition) is 7. The summed E-state index contributed by atoms with van der Waals surface area (Å²) in [5, 5.41) is 8.07. The van der Waals surface area contributed by atoms with Crippen LogP contribution in [0.4, 0.5) is 17.2 Å². The molecule has 1 aromatic carbocycles. The number of amidine groups is 1. The molecule has 0 spiro atoms. The number of quaternary nitrogens is 1. The van der Waals surface area contributed by atoms with Gasteiger partial charge in [-0.25, -0.2) is 4.98 Å². The summed E-state index contributed by atoms with van der Waals surface area (Å²) < 4.78 is 5.58. The van der Waals surface area contributed by atoms with E-state index in [0.29, 0.717) is 18.4 Å². The van der Waals surface area contributed by atoms with E-state index in [0.717, 1.165) is 22.9 Å². The summed E-state index contributed by atoms with van der Waals surface area (Å²) >= 11 is 0. The number of guanidine groups is 1. The van der Waals surface area contributed by atoms with Gasteiger partial charge in [-0.1, -0.05) is 4.59 Å². The van der Waals surface area contributed by atoms with E-state index in [-0.39, 0.29) is 4.59 Å². The van der Waals surface area contributed by atoms with Crippen molar-refractivity contribution >= 4 is 35.2 Å². The van der Waals surface area contributed by atoms with Crippen molar-refractivity contribution in [1.82, 2.24) is 9.58 Å². The van der Waals surface area contributed by atoms with Crippen LogP contribution in [0.5, 0.6) is 5.75 Å². The van der Waals surface area contributed by atoms with Crippen LogP contribution in [-0.4, -0.2) is 43.7 Å². The van der Waals surface area contributed by atoms with Gasteiger partial charge in [0.2, 0.25) is 0 Å². The van der Waals surface area contributed by atoms with Gasteiger partial charge in [0.15, 0.2) is 11.9 Å². The molecule has 2 aromatic rings. The molecule has 0 amide bonds. The Balaban J connectivity index is 1.63. The predicted molar refractivity (Wildman–Crippen MR) is 114 cm³/mol. The normalized spacial score (nSPS) is 19.7. The Bertz CT molecular complexity index is 975. The molecule has 0 saturated heterocycles. The van der Waals surface area contributed by atoms with Crippen LogP contribution in [0.15, 0.2) is 70.1 Å². The maximum atomic E-state index is 5.48. The van der Waals surface area contributed by atoms with Gasteiger partial charge in [0.25, 0.3) is 11.8 Å². The molecule has 3 heterocycles. The van der Waals surface area contributed by atoms with E-state index in [2.05, 4.69) is 20.3 Å². The Hall–Kier alpha value is -3.52. The summed E-state index contributed by atoms with van der Waals surface area (Å²) in [5.74, 6) is 2.92. The molecule has 8 heteroatoms. The first-order chi connectivity index (χ1) is 13.6. The minimum Gasteiger partial charge on any atom is -0.494 e. The molecule has 4 rings (SSSR count). The monoisotopic (exact) mass is 376 g/mol. The molecule has 2 aliphatic rings. The molecular formula is C20H22N7O+. The number of pyridine rings is 1. The first-order valence-electron chi connectivity index (χ1n) is 9.04. The minimum absolute atomic E-state index is 0.101. The standard InChI is InChI=1S/C20H22N7O/c1-4-28-17-8-5-15(6-9-17)23-20-24-19-14-21-11-12-27(19,25-20)16-7-10-18(22-13-16)26(2)3/h5-14H,4H2,1-3H3,(H,23,25)/q+1. The fourth-order valence-electron chi connectivity index (χ4n) is 2.98. The molecule has 0 fully saturated rings. The molecule has 28 heavy (non-hydrogen) atoms. The van der Waals surface area contributed by atoms with E-state index in [9.17, 15) is 0 Å². The lowest BCUT2D eigenvalue weighted by Crippen LogP contribution is -2.44. The third-order valence-corrected chi connectivity index (χ3v) is 4.39. The molecule has 0 saturated carbocycles. The highest BCUT2D eigenvalue weighted by Gasteiger charge is 2.43. The molecule has 0 radical (unpaired) electrons. The maximum Gasteiger partial charge on any atom is 0.287 e. The predicted octanol–water partition coefficient (Wildman–Crippen LogP) is 3.20. The van der Waals surface area contributed by atoms with Gasteiger partial charge in [0.05, 0.1) is 19.0 Å². The highest BCUT2D eigenvalue weighted by Crippen LogP contribution is 2.31. The van der Waals surface area contributed by atoms with Crippen LogP contribution in [0.3, 0.4) is 0 Å². The molecule has 2 aliphatic heterocycles. The number of ether oxygens (including phenoxy) is 1. The van der Waals surface area contributed by atoms with Crippen molar-refractivity contribution < 1.29 is 4.74 Å². The Morgan fingerprint density at radius 3 is 2.61 bits per heavy atom. The van der Waals surface area contributed by atoms with Gasteiger partial charge >= 0.3 is 0 Å². The molecule has 1 N–H and O–H groups in total. The zero-order chi connectivity index (χ0) is 19.6. The third-order valence-electron chi connectivity index (χ3n) is 4.39. The summed E-state index contributed by atoms with van der Waals surface area (Å²) in [6.07, 6.45) is 7.15. The third kappa shape index (κ3) is 3.25. The van der Waals surface area contributed by atoms with E-state index >= 15 is 0 Å². The van der Waals surface area contributed by atoms with Crippen LogP contribution >= 0.6 is 0 Å². The second kappa shape index (κ2) is 7.24. The first-order valence-corrected chi connectivity index (χ1v) is 9.04. The van der Waals surface area contributed by atoms with Crippen molar-refractivity contribution in [3.63, 3.8) is 0 Å². The number of benzene rings is 1. The van der Waals surface area contributed by atoms with Gasteiger partial charge < -0.3 is 15.0 Å². The average Bonchev–Trinajstić information content (AvgIpc) is 3.09. The van der Waals surface area contributed by atoms with Gasteiger partial charge in [-0.05, 0) is 42.4 Å². The molecular weight excluding hydrogens is 354 g/mol. The number of nitrogens with one attached hydrogen (secondary N) is 1. The average molecular weight is 376 g/mol. The molecule has 1 aromatic heterocycles. The Kier molecular flexibility index (Phi) is 4.62. The van der Waals surface area contributed by atoms with E-state index in [1.807, 2.05) is 74.7 Å². The fourth-order valence-corrected chi connectivity index (χ4v) is 2.98. The van der Waals surface area contributed by atoms with Crippen molar-refractivity contribution in [3.05, 3.63) is 55.0 Å². The van der Waals surface area contributed by atoms with Crippen LogP contribution in [0.2, 0.25) is 0 Å². The second-order valence-corrected chi connectivity index (χ2v) is 6.51. The molecule has 0 bridgehead atoms. The van der Waals surface area contributed by atoms with Crippen LogP contribution in [0, 0.1) is 0 Å². The van der Waals surface area contributed by atoms with Crippen molar-refractivity contribution in [1.29, 1.82) is 0 Å². The maximum absolute atomic E-state index is 5.48. The summed E-state index contributed by atoms with van der Waals surface area (Å²) in [5.41, 5.74) is 1.77. The van der Waals surface area contributed by atoms with Gasteiger partial charge in [0.1, 0.15) is 17.8 Å². The van der Waals surface area contributed by atoms with Crippen LogP contribution < -0.4 is 19.5 Å². The van der Waals surface area contributed by atoms with Gasteiger partial charge in [0, 0.05) is 25.8 Å². The number of fused-ring (bicyclic) bond motifs is 1. The number of aromatic nitrogens is 1. The van der Waals surface area contributed by atoms with E-state index < -0.39 is 0 Å². The number of rotatable bonds is 5. The summed E-state index contributed by atoms with van der Waals surface area (Å²) in [6.45, 7) is 2.60.